The van der Waals surface area contributed by atoms with E-state index in [1.165, 1.54) is 24.3 Å². The van der Waals surface area contributed by atoms with Gasteiger partial charge in [-0.1, -0.05) is 18.2 Å². The van der Waals surface area contributed by atoms with Crippen LogP contribution in [0.2, 0.25) is 0 Å². The summed E-state index contributed by atoms with van der Waals surface area (Å²) in [6.45, 7) is 0. The molecule has 0 aliphatic rings. The van der Waals surface area contributed by atoms with E-state index < -0.39 is 35.9 Å². The van der Waals surface area contributed by atoms with Crippen molar-refractivity contribution in [2.45, 2.75) is 12.9 Å². The third-order valence-electron chi connectivity index (χ3n) is 2.62. The number of nitrogens with zero attached hydrogens (tertiary/aromatic N) is 1. The molecule has 0 saturated carbocycles. The number of para-hydroxylation sites is 1. The van der Waals surface area contributed by atoms with E-state index in [9.17, 15) is 22.4 Å². The van der Waals surface area contributed by atoms with E-state index in [1.807, 2.05) is 0 Å². The Balaban J connectivity index is 2.85. The van der Waals surface area contributed by atoms with Gasteiger partial charge in [-0.15, -0.1) is 0 Å². The zero-order valence-corrected chi connectivity index (χ0v) is 9.78. The molecule has 1 heterocycles. The average molecular weight is 288 g/mol. The maximum absolute atomic E-state index is 13.1. The Morgan fingerprint density at radius 3 is 2.35 bits per heavy atom. The number of hydrogen-bond donors (Lipinski definition) is 2. The number of benzene rings is 1. The summed E-state index contributed by atoms with van der Waals surface area (Å²) in [7, 11) is 0. The summed E-state index contributed by atoms with van der Waals surface area (Å²) in [6.07, 6.45) is -8.02. The molecular weight excluding hydrogens is 280 g/mol. The zero-order chi connectivity index (χ0) is 14.9. The van der Waals surface area contributed by atoms with E-state index in [2.05, 4.69) is 4.98 Å². The third kappa shape index (κ3) is 2.49. The molecule has 0 atom stereocenters. The molecule has 1 aromatic heterocycles. The number of amides is 1. The van der Waals surface area contributed by atoms with Crippen LogP contribution in [0.3, 0.4) is 0 Å². The molecule has 0 saturated heterocycles. The van der Waals surface area contributed by atoms with Crippen molar-refractivity contribution in [1.82, 2.24) is 4.98 Å². The zero-order valence-electron chi connectivity index (χ0n) is 9.78. The molecule has 0 aliphatic carbocycles. The Kier molecular flexibility index (Phi) is 3.73. The maximum Gasteiger partial charge on any atom is 0.409 e. The lowest BCUT2D eigenvalue weighted by molar-refractivity contribution is 0.143. The Hall–Kier alpha value is -2.38. The number of alkyl halides is 4. The number of nitrogens with one attached hydrogen (secondary N) is 1. The fourth-order valence-corrected chi connectivity index (χ4v) is 1.88. The standard InChI is InChI=1S/C12H8F4N2O2/c13-10(14)7-5-3-1-2-4-6(5)17-9(11(15)16)8(7)18-12(19)20/h1-4,10-11,18H,(H,19,20). The lowest BCUT2D eigenvalue weighted by atomic mass is 10.1. The van der Waals surface area contributed by atoms with Gasteiger partial charge in [0.1, 0.15) is 5.69 Å². The first-order valence-corrected chi connectivity index (χ1v) is 5.40. The number of carbonyl (C=O) groups is 1. The number of carboxylic acid groups (broad SMARTS) is 1. The van der Waals surface area contributed by atoms with Crippen LogP contribution in [0, 0.1) is 0 Å². The number of hydrogen-bond acceptors (Lipinski definition) is 2. The smallest absolute Gasteiger partial charge is 0.409 e. The van der Waals surface area contributed by atoms with E-state index in [0.29, 0.717) is 0 Å². The Bertz CT molecular complexity index is 661. The van der Waals surface area contributed by atoms with Gasteiger partial charge in [-0.05, 0) is 6.07 Å². The number of rotatable bonds is 3. The van der Waals surface area contributed by atoms with Gasteiger partial charge < -0.3 is 5.11 Å². The molecule has 0 bridgehead atoms. The van der Waals surface area contributed by atoms with Crippen LogP contribution in [-0.4, -0.2) is 16.2 Å². The number of pyridine rings is 1. The van der Waals surface area contributed by atoms with Crippen LogP contribution in [0.15, 0.2) is 24.3 Å². The highest BCUT2D eigenvalue weighted by Gasteiger charge is 2.26. The molecule has 0 unspecified atom stereocenters. The van der Waals surface area contributed by atoms with Crippen molar-refractivity contribution in [1.29, 1.82) is 0 Å². The fourth-order valence-electron chi connectivity index (χ4n) is 1.88. The van der Waals surface area contributed by atoms with Crippen LogP contribution in [0.4, 0.5) is 28.0 Å². The number of anilines is 1. The van der Waals surface area contributed by atoms with Gasteiger partial charge in [0, 0.05) is 5.39 Å². The molecule has 8 heteroatoms. The summed E-state index contributed by atoms with van der Waals surface area (Å²) in [4.78, 5) is 14.2. The van der Waals surface area contributed by atoms with Crippen molar-refractivity contribution in [2.75, 3.05) is 5.32 Å². The highest BCUT2D eigenvalue weighted by Crippen LogP contribution is 2.38. The quantitative estimate of drug-likeness (QED) is 0.832. The summed E-state index contributed by atoms with van der Waals surface area (Å²) in [5.41, 5.74) is -2.72. The summed E-state index contributed by atoms with van der Waals surface area (Å²) in [5, 5.41) is 10.1. The molecule has 2 rings (SSSR count). The van der Waals surface area contributed by atoms with Crippen molar-refractivity contribution in [3.63, 3.8) is 0 Å². The molecule has 1 aromatic carbocycles. The van der Waals surface area contributed by atoms with Crippen molar-refractivity contribution in [2.24, 2.45) is 0 Å². The van der Waals surface area contributed by atoms with Crippen LogP contribution >= 0.6 is 0 Å². The first-order valence-electron chi connectivity index (χ1n) is 5.40. The van der Waals surface area contributed by atoms with Crippen molar-refractivity contribution in [3.8, 4) is 0 Å². The summed E-state index contributed by atoms with van der Waals surface area (Å²) in [6, 6.07) is 5.47. The van der Waals surface area contributed by atoms with Gasteiger partial charge in [0.15, 0.2) is 0 Å². The second kappa shape index (κ2) is 5.32. The summed E-state index contributed by atoms with van der Waals surface area (Å²) < 4.78 is 52.1. The predicted octanol–water partition coefficient (Wildman–Crippen LogP) is 4.20. The van der Waals surface area contributed by atoms with Gasteiger partial charge in [0.25, 0.3) is 12.9 Å². The highest BCUT2D eigenvalue weighted by molar-refractivity contribution is 5.93. The van der Waals surface area contributed by atoms with E-state index in [0.717, 1.165) is 0 Å². The summed E-state index contributed by atoms with van der Waals surface area (Å²) >= 11 is 0. The van der Waals surface area contributed by atoms with Crippen LogP contribution in [-0.2, 0) is 0 Å². The second-order valence-corrected chi connectivity index (χ2v) is 3.83. The molecule has 20 heavy (non-hydrogen) atoms. The highest BCUT2D eigenvalue weighted by atomic mass is 19.3. The molecule has 0 spiro atoms. The molecule has 1 amide bonds. The van der Waals surface area contributed by atoms with E-state index >= 15 is 0 Å². The number of halogens is 4. The molecule has 106 valence electrons. The minimum atomic E-state index is -3.18. The van der Waals surface area contributed by atoms with E-state index in [-0.39, 0.29) is 10.9 Å². The van der Waals surface area contributed by atoms with E-state index in [1.54, 1.807) is 5.32 Å². The van der Waals surface area contributed by atoms with Gasteiger partial charge in [-0.3, -0.25) is 5.32 Å². The van der Waals surface area contributed by atoms with Crippen molar-refractivity contribution < 1.29 is 27.5 Å². The minimum absolute atomic E-state index is 0.0472. The van der Waals surface area contributed by atoms with Gasteiger partial charge in [-0.25, -0.2) is 27.3 Å². The summed E-state index contributed by atoms with van der Waals surface area (Å²) in [5.74, 6) is 0. The normalized spacial score (nSPS) is 11.3. The molecule has 0 aliphatic heterocycles. The van der Waals surface area contributed by atoms with Crippen LogP contribution in [0.1, 0.15) is 24.1 Å². The lowest BCUT2D eigenvalue weighted by Crippen LogP contribution is -2.14. The molecule has 2 aromatic rings. The SMILES string of the molecule is O=C(O)Nc1c(C(F)F)nc2ccccc2c1C(F)F. The third-order valence-corrected chi connectivity index (χ3v) is 2.62. The van der Waals surface area contributed by atoms with Crippen molar-refractivity contribution in [3.05, 3.63) is 35.5 Å². The molecular formula is C12H8F4N2O2. The molecule has 0 fully saturated rings. The first kappa shape index (κ1) is 14.0. The maximum atomic E-state index is 13.1. The monoisotopic (exact) mass is 288 g/mol. The van der Waals surface area contributed by atoms with Gasteiger partial charge in [0.05, 0.1) is 16.8 Å². The Morgan fingerprint density at radius 2 is 1.80 bits per heavy atom. The van der Waals surface area contributed by atoms with E-state index in [4.69, 9.17) is 5.11 Å². The molecule has 4 nitrogen and oxygen atoms in total. The molecule has 0 radical (unpaired) electrons. The first-order chi connectivity index (χ1) is 9.41. The largest absolute Gasteiger partial charge is 0.465 e. The Morgan fingerprint density at radius 1 is 1.15 bits per heavy atom. The Labute approximate surface area is 110 Å². The lowest BCUT2D eigenvalue weighted by Gasteiger charge is -2.15. The molecule has 2 N–H and O–H groups in total. The number of aromatic nitrogens is 1. The predicted molar refractivity (Wildman–Crippen MR) is 63.3 cm³/mol. The van der Waals surface area contributed by atoms with Crippen LogP contribution in [0.25, 0.3) is 10.9 Å². The van der Waals surface area contributed by atoms with Crippen molar-refractivity contribution >= 4 is 22.7 Å². The van der Waals surface area contributed by atoms with Gasteiger partial charge in [0.2, 0.25) is 0 Å². The topological polar surface area (TPSA) is 62.2 Å². The van der Waals surface area contributed by atoms with Crippen LogP contribution < -0.4 is 5.32 Å². The van der Waals surface area contributed by atoms with Gasteiger partial charge in [-0.2, -0.15) is 0 Å². The van der Waals surface area contributed by atoms with Crippen LogP contribution in [0.5, 0.6) is 0 Å². The average Bonchev–Trinajstić information content (AvgIpc) is 2.36. The van der Waals surface area contributed by atoms with Gasteiger partial charge >= 0.3 is 6.09 Å². The second-order valence-electron chi connectivity index (χ2n) is 3.83. The number of fused-ring (bicyclic) bond motifs is 1. The fraction of sp³-hybridized carbons (Fsp3) is 0.167. The minimum Gasteiger partial charge on any atom is -0.465 e.